The van der Waals surface area contributed by atoms with Gasteiger partial charge >= 0.3 is 11.9 Å². The van der Waals surface area contributed by atoms with Gasteiger partial charge in [0.2, 0.25) is 0 Å². The van der Waals surface area contributed by atoms with Crippen LogP contribution < -0.4 is 9.47 Å². The first-order valence-electron chi connectivity index (χ1n) is 7.94. The predicted molar refractivity (Wildman–Crippen MR) is 92.1 cm³/mol. The number of aryl methyl sites for hydroxylation is 1. The SMILES string of the molecule is Cc1cc(O)c(C=O)c2c1C(=O)Oc1c(CO)c(C)c(C(=O)O)c(C)c1O2. The zero-order valence-corrected chi connectivity index (χ0v) is 14.7. The van der Waals surface area contributed by atoms with Crippen LogP contribution in [0.2, 0.25) is 0 Å². The summed E-state index contributed by atoms with van der Waals surface area (Å²) in [5.74, 6) is -2.93. The Kier molecular flexibility index (Phi) is 4.36. The lowest BCUT2D eigenvalue weighted by molar-refractivity contribution is 0.0694. The molecular weight excluding hydrogens is 356 g/mol. The molecule has 0 spiro atoms. The van der Waals surface area contributed by atoms with Crippen molar-refractivity contribution >= 4 is 18.2 Å². The van der Waals surface area contributed by atoms with Crippen LogP contribution in [0.1, 0.15) is 53.3 Å². The number of rotatable bonds is 3. The number of phenolic OH excluding ortho intramolecular Hbond substituents is 1. The number of aromatic hydroxyl groups is 1. The van der Waals surface area contributed by atoms with Gasteiger partial charge in [-0.05, 0) is 38.0 Å². The van der Waals surface area contributed by atoms with Crippen LogP contribution in [-0.4, -0.2) is 33.5 Å². The van der Waals surface area contributed by atoms with Crippen molar-refractivity contribution in [2.45, 2.75) is 27.4 Å². The van der Waals surface area contributed by atoms with Gasteiger partial charge in [0.15, 0.2) is 23.5 Å². The van der Waals surface area contributed by atoms with E-state index in [2.05, 4.69) is 0 Å². The van der Waals surface area contributed by atoms with Gasteiger partial charge in [0.25, 0.3) is 0 Å². The molecule has 0 fully saturated rings. The fourth-order valence-corrected chi connectivity index (χ4v) is 3.27. The first kappa shape index (κ1) is 18.4. The van der Waals surface area contributed by atoms with Crippen molar-refractivity contribution < 1.29 is 39.2 Å². The predicted octanol–water partition coefficient (Wildman–Crippen LogP) is 2.65. The number of benzene rings is 2. The second-order valence-electron chi connectivity index (χ2n) is 6.16. The number of carboxylic acids is 1. The van der Waals surface area contributed by atoms with Crippen LogP contribution in [0.3, 0.4) is 0 Å². The van der Waals surface area contributed by atoms with E-state index < -0.39 is 18.5 Å². The molecule has 1 aliphatic heterocycles. The van der Waals surface area contributed by atoms with Gasteiger partial charge in [0, 0.05) is 11.1 Å². The number of aliphatic hydroxyl groups is 1. The zero-order valence-electron chi connectivity index (χ0n) is 14.7. The number of aromatic carboxylic acids is 1. The van der Waals surface area contributed by atoms with Crippen LogP contribution in [0.4, 0.5) is 0 Å². The summed E-state index contributed by atoms with van der Waals surface area (Å²) in [7, 11) is 0. The lowest BCUT2D eigenvalue weighted by Crippen LogP contribution is -2.13. The quantitative estimate of drug-likeness (QED) is 0.426. The molecule has 0 aromatic heterocycles. The van der Waals surface area contributed by atoms with Crippen molar-refractivity contribution in [3.05, 3.63) is 45.0 Å². The Morgan fingerprint density at radius 3 is 2.33 bits per heavy atom. The van der Waals surface area contributed by atoms with E-state index in [1.54, 1.807) is 0 Å². The molecular formula is C19H16O8. The summed E-state index contributed by atoms with van der Waals surface area (Å²) in [6.07, 6.45) is 0.334. The van der Waals surface area contributed by atoms with E-state index in [0.29, 0.717) is 11.8 Å². The average Bonchev–Trinajstić information content (AvgIpc) is 2.72. The summed E-state index contributed by atoms with van der Waals surface area (Å²) < 4.78 is 11.2. The highest BCUT2D eigenvalue weighted by atomic mass is 16.6. The van der Waals surface area contributed by atoms with Gasteiger partial charge in [-0.1, -0.05) is 0 Å². The Hall–Kier alpha value is -3.39. The van der Waals surface area contributed by atoms with E-state index in [1.165, 1.54) is 26.8 Å². The van der Waals surface area contributed by atoms with Gasteiger partial charge in [-0.25, -0.2) is 9.59 Å². The topological polar surface area (TPSA) is 130 Å². The van der Waals surface area contributed by atoms with Gasteiger partial charge in [0.1, 0.15) is 11.3 Å². The fraction of sp³-hybridized carbons (Fsp3) is 0.211. The first-order chi connectivity index (χ1) is 12.7. The van der Waals surface area contributed by atoms with Crippen LogP contribution in [0.15, 0.2) is 6.07 Å². The molecule has 1 heterocycles. The lowest BCUT2D eigenvalue weighted by Gasteiger charge is -2.18. The molecule has 0 radical (unpaired) electrons. The third kappa shape index (κ3) is 2.61. The van der Waals surface area contributed by atoms with Gasteiger partial charge in [-0.3, -0.25) is 4.79 Å². The maximum absolute atomic E-state index is 12.7. The molecule has 140 valence electrons. The monoisotopic (exact) mass is 372 g/mol. The van der Waals surface area contributed by atoms with E-state index in [4.69, 9.17) is 9.47 Å². The number of carboxylic acid groups (broad SMARTS) is 1. The molecule has 8 nitrogen and oxygen atoms in total. The van der Waals surface area contributed by atoms with Crippen molar-refractivity contribution in [2.24, 2.45) is 0 Å². The molecule has 2 aromatic carbocycles. The third-order valence-corrected chi connectivity index (χ3v) is 4.61. The molecule has 0 atom stereocenters. The van der Waals surface area contributed by atoms with Crippen LogP contribution >= 0.6 is 0 Å². The van der Waals surface area contributed by atoms with Crippen LogP contribution in [0.25, 0.3) is 0 Å². The summed E-state index contributed by atoms with van der Waals surface area (Å²) in [4.78, 5) is 35.8. The van der Waals surface area contributed by atoms with Crippen LogP contribution in [0, 0.1) is 20.8 Å². The van der Waals surface area contributed by atoms with E-state index >= 15 is 0 Å². The maximum Gasteiger partial charge on any atom is 0.347 e. The second kappa shape index (κ2) is 6.40. The van der Waals surface area contributed by atoms with Gasteiger partial charge < -0.3 is 24.8 Å². The van der Waals surface area contributed by atoms with E-state index in [-0.39, 0.29) is 56.4 Å². The Balaban J connectivity index is 2.43. The minimum absolute atomic E-state index is 0.0658. The molecule has 0 aliphatic carbocycles. The highest BCUT2D eigenvalue weighted by Gasteiger charge is 2.34. The molecule has 3 N–H and O–H groups in total. The number of hydrogen-bond acceptors (Lipinski definition) is 7. The van der Waals surface area contributed by atoms with Crippen molar-refractivity contribution in [3.8, 4) is 23.0 Å². The molecule has 0 bridgehead atoms. The number of esters is 1. The molecule has 0 saturated heterocycles. The number of aliphatic hydroxyl groups excluding tert-OH is 1. The fourth-order valence-electron chi connectivity index (χ4n) is 3.27. The Bertz CT molecular complexity index is 1020. The van der Waals surface area contributed by atoms with Gasteiger partial charge in [0.05, 0.1) is 17.7 Å². The molecule has 2 aromatic rings. The van der Waals surface area contributed by atoms with Gasteiger partial charge in [-0.2, -0.15) is 0 Å². The van der Waals surface area contributed by atoms with Crippen LogP contribution in [-0.2, 0) is 6.61 Å². The molecule has 1 aliphatic rings. The number of carbonyl (C=O) groups is 3. The van der Waals surface area contributed by atoms with E-state index in [0.717, 1.165) is 0 Å². The average molecular weight is 372 g/mol. The van der Waals surface area contributed by atoms with Crippen molar-refractivity contribution in [2.75, 3.05) is 0 Å². The highest BCUT2D eigenvalue weighted by Crippen LogP contribution is 2.47. The number of aldehydes is 1. The smallest absolute Gasteiger partial charge is 0.347 e. The minimum Gasteiger partial charge on any atom is -0.507 e. The summed E-state index contributed by atoms with van der Waals surface area (Å²) in [5.41, 5.74) is 0.353. The third-order valence-electron chi connectivity index (χ3n) is 4.61. The summed E-state index contributed by atoms with van der Waals surface area (Å²) in [5, 5.41) is 29.3. The Morgan fingerprint density at radius 2 is 1.78 bits per heavy atom. The first-order valence-corrected chi connectivity index (χ1v) is 7.94. The summed E-state index contributed by atoms with van der Waals surface area (Å²) in [6.45, 7) is 3.89. The Morgan fingerprint density at radius 1 is 1.11 bits per heavy atom. The molecule has 8 heteroatoms. The van der Waals surface area contributed by atoms with E-state index in [1.807, 2.05) is 0 Å². The number of hydrogen-bond donors (Lipinski definition) is 3. The summed E-state index contributed by atoms with van der Waals surface area (Å²) >= 11 is 0. The number of ether oxygens (including phenoxy) is 2. The highest BCUT2D eigenvalue weighted by molar-refractivity contribution is 6.02. The van der Waals surface area contributed by atoms with Crippen molar-refractivity contribution in [3.63, 3.8) is 0 Å². The van der Waals surface area contributed by atoms with Crippen molar-refractivity contribution in [1.82, 2.24) is 0 Å². The van der Waals surface area contributed by atoms with Crippen molar-refractivity contribution in [1.29, 1.82) is 0 Å². The molecule has 0 amide bonds. The molecule has 0 saturated carbocycles. The molecule has 3 rings (SSSR count). The molecule has 0 unspecified atom stereocenters. The largest absolute Gasteiger partial charge is 0.507 e. The zero-order chi connectivity index (χ0) is 20.0. The number of phenols is 1. The maximum atomic E-state index is 12.7. The van der Waals surface area contributed by atoms with Gasteiger partial charge in [-0.15, -0.1) is 0 Å². The normalized spacial score (nSPS) is 12.4. The summed E-state index contributed by atoms with van der Waals surface area (Å²) in [6, 6.07) is 1.23. The Labute approximate surface area is 153 Å². The number of fused-ring (bicyclic) bond motifs is 2. The lowest BCUT2D eigenvalue weighted by atomic mass is 9.95. The van der Waals surface area contributed by atoms with Crippen LogP contribution in [0.5, 0.6) is 23.0 Å². The minimum atomic E-state index is -1.25. The standard InChI is InChI=1S/C19H16O8/c1-7-4-12(22)11(6-21)16-13(7)19(25)27-17-10(5-20)8(2)14(18(23)24)9(3)15(17)26-16/h4,6,20,22H,5H2,1-3H3,(H,23,24). The molecule has 27 heavy (non-hydrogen) atoms. The van der Waals surface area contributed by atoms with E-state index in [9.17, 15) is 29.7 Å². The second-order valence-corrected chi connectivity index (χ2v) is 6.16. The number of carbonyl (C=O) groups excluding carboxylic acids is 2.